The Morgan fingerprint density at radius 1 is 1.09 bits per heavy atom. The Bertz CT molecular complexity index is 1670. The molecule has 2 aliphatic rings. The van der Waals surface area contributed by atoms with Crippen molar-refractivity contribution >= 4 is 28.8 Å². The van der Waals surface area contributed by atoms with Gasteiger partial charge in [-0.1, -0.05) is 53.8 Å². The second-order valence-corrected chi connectivity index (χ2v) is 9.26. The van der Waals surface area contributed by atoms with Crippen molar-refractivity contribution in [1.29, 1.82) is 0 Å². The maximum absolute atomic E-state index is 13.6. The number of nitro benzene ring substituents is 1. The lowest BCUT2D eigenvalue weighted by atomic mass is 9.83. The van der Waals surface area contributed by atoms with Crippen LogP contribution in [-0.2, 0) is 6.42 Å². The number of aryl methyl sites for hydroxylation is 1. The molecule has 0 radical (unpaired) electrons. The number of fused-ring (bicyclic) bond motifs is 3. The molecule has 0 spiro atoms. The van der Waals surface area contributed by atoms with E-state index in [1.807, 2.05) is 36.4 Å². The molecule has 1 aliphatic heterocycles. The van der Waals surface area contributed by atoms with Gasteiger partial charge in [-0.2, -0.15) is 0 Å². The van der Waals surface area contributed by atoms with Crippen molar-refractivity contribution in [2.45, 2.75) is 18.9 Å². The van der Waals surface area contributed by atoms with Crippen LogP contribution < -0.4 is 14.9 Å². The smallest absolute Gasteiger partial charge is 0.271 e. The van der Waals surface area contributed by atoms with Crippen molar-refractivity contribution in [3.05, 3.63) is 131 Å². The van der Waals surface area contributed by atoms with E-state index < -0.39 is 11.0 Å². The number of hydrogen-bond acceptors (Lipinski definition) is 6. The lowest BCUT2D eigenvalue weighted by Gasteiger charge is -2.30. The Morgan fingerprint density at radius 2 is 1.97 bits per heavy atom. The largest absolute Gasteiger partial charge is 0.272 e. The zero-order valence-electron chi connectivity index (χ0n) is 17.9. The summed E-state index contributed by atoms with van der Waals surface area (Å²) in [6.07, 6.45) is 6.77. The minimum absolute atomic E-state index is 0.00495. The van der Waals surface area contributed by atoms with Crippen LogP contribution in [0.2, 0.25) is 0 Å². The van der Waals surface area contributed by atoms with E-state index in [2.05, 4.69) is 17.1 Å². The van der Waals surface area contributed by atoms with Crippen LogP contribution >= 0.6 is 11.3 Å². The second kappa shape index (κ2) is 8.00. The highest BCUT2D eigenvalue weighted by molar-refractivity contribution is 7.07. The first kappa shape index (κ1) is 20.4. The Balaban J connectivity index is 1.64. The SMILES string of the molecule is O=c1/c(=C\c2cccnc2)sc2n1[C@@H](c1cccc([N+](=O)[O-])c1)C1=C(N=2)c2ccccc2CC1. The van der Waals surface area contributed by atoms with Crippen molar-refractivity contribution < 1.29 is 4.92 Å². The number of rotatable bonds is 3. The van der Waals surface area contributed by atoms with Crippen LogP contribution in [0.25, 0.3) is 11.8 Å². The lowest BCUT2D eigenvalue weighted by molar-refractivity contribution is -0.384. The number of allylic oxidation sites excluding steroid dienone is 1. The highest BCUT2D eigenvalue weighted by Gasteiger charge is 2.33. The summed E-state index contributed by atoms with van der Waals surface area (Å²) in [5.41, 5.74) is 5.55. The fourth-order valence-electron chi connectivity index (χ4n) is 4.74. The third kappa shape index (κ3) is 3.31. The van der Waals surface area contributed by atoms with Gasteiger partial charge in [-0.3, -0.25) is 24.5 Å². The number of thiazole rings is 1. The zero-order valence-corrected chi connectivity index (χ0v) is 18.7. The maximum atomic E-state index is 13.6. The van der Waals surface area contributed by atoms with E-state index in [1.165, 1.54) is 23.0 Å². The first-order valence-electron chi connectivity index (χ1n) is 10.9. The molecule has 6 rings (SSSR count). The van der Waals surface area contributed by atoms with E-state index in [1.54, 1.807) is 29.1 Å². The monoisotopic (exact) mass is 466 g/mol. The molecule has 1 atom stereocenters. The van der Waals surface area contributed by atoms with E-state index in [9.17, 15) is 14.9 Å². The van der Waals surface area contributed by atoms with Crippen molar-refractivity contribution in [3.63, 3.8) is 0 Å². The number of aromatic nitrogens is 2. The fourth-order valence-corrected chi connectivity index (χ4v) is 5.74. The van der Waals surface area contributed by atoms with E-state index in [0.717, 1.165) is 35.2 Å². The van der Waals surface area contributed by atoms with Gasteiger partial charge < -0.3 is 0 Å². The molecule has 2 aromatic carbocycles. The van der Waals surface area contributed by atoms with Gasteiger partial charge in [0.1, 0.15) is 0 Å². The lowest BCUT2D eigenvalue weighted by Crippen LogP contribution is -2.38. The normalized spacial score (nSPS) is 16.9. The quantitative estimate of drug-likeness (QED) is 0.341. The van der Waals surface area contributed by atoms with Crippen molar-refractivity contribution in [3.8, 4) is 0 Å². The molecule has 34 heavy (non-hydrogen) atoms. The van der Waals surface area contributed by atoms with Gasteiger partial charge >= 0.3 is 0 Å². The average Bonchev–Trinajstić information content (AvgIpc) is 3.17. The third-order valence-corrected chi connectivity index (χ3v) is 7.23. The molecule has 0 bridgehead atoms. The number of nitro groups is 1. The van der Waals surface area contributed by atoms with E-state index in [4.69, 9.17) is 4.99 Å². The molecule has 8 heteroatoms. The van der Waals surface area contributed by atoms with Gasteiger partial charge in [0.25, 0.3) is 11.2 Å². The van der Waals surface area contributed by atoms with Crippen LogP contribution in [0.5, 0.6) is 0 Å². The van der Waals surface area contributed by atoms with E-state index in [0.29, 0.717) is 14.9 Å². The molecule has 166 valence electrons. The molecule has 0 amide bonds. The van der Waals surface area contributed by atoms with Crippen LogP contribution in [0.3, 0.4) is 0 Å². The Hall–Kier alpha value is -4.17. The van der Waals surface area contributed by atoms with E-state index >= 15 is 0 Å². The molecule has 3 heterocycles. The molecular formula is C26H18N4O3S. The van der Waals surface area contributed by atoms with Crippen LogP contribution in [0.4, 0.5) is 5.69 Å². The predicted octanol–water partition coefficient (Wildman–Crippen LogP) is 3.62. The number of benzene rings is 2. The van der Waals surface area contributed by atoms with Gasteiger partial charge in [-0.05, 0) is 47.2 Å². The van der Waals surface area contributed by atoms with Gasteiger partial charge in [-0.25, -0.2) is 4.99 Å². The Labute approximate surface area is 197 Å². The van der Waals surface area contributed by atoms with E-state index in [-0.39, 0.29) is 11.2 Å². The number of non-ortho nitro benzene ring substituents is 1. The van der Waals surface area contributed by atoms with Crippen molar-refractivity contribution in [2.24, 2.45) is 4.99 Å². The number of pyridine rings is 1. The molecule has 7 nitrogen and oxygen atoms in total. The van der Waals surface area contributed by atoms with Gasteiger partial charge in [0.05, 0.1) is 21.2 Å². The van der Waals surface area contributed by atoms with Crippen LogP contribution in [0.15, 0.2) is 88.4 Å². The summed E-state index contributed by atoms with van der Waals surface area (Å²) in [7, 11) is 0. The summed E-state index contributed by atoms with van der Waals surface area (Å²) in [5.74, 6) is 0. The topological polar surface area (TPSA) is 90.4 Å². The number of hydrogen-bond donors (Lipinski definition) is 0. The van der Waals surface area contributed by atoms with Gasteiger partial charge in [0.15, 0.2) is 4.80 Å². The molecule has 0 saturated heterocycles. The summed E-state index contributed by atoms with van der Waals surface area (Å²) >= 11 is 1.33. The fraction of sp³-hybridized carbons (Fsp3) is 0.115. The van der Waals surface area contributed by atoms with Crippen LogP contribution in [0, 0.1) is 10.1 Å². The second-order valence-electron chi connectivity index (χ2n) is 8.25. The summed E-state index contributed by atoms with van der Waals surface area (Å²) in [4.78, 5) is 34.4. The summed E-state index contributed by atoms with van der Waals surface area (Å²) in [6.45, 7) is 0. The van der Waals surface area contributed by atoms with Gasteiger partial charge in [0, 0.05) is 30.1 Å². The average molecular weight is 467 g/mol. The molecule has 2 aromatic heterocycles. The highest BCUT2D eigenvalue weighted by Crippen LogP contribution is 2.41. The number of nitrogens with zero attached hydrogens (tertiary/aromatic N) is 4. The van der Waals surface area contributed by atoms with Crippen LogP contribution in [0.1, 0.15) is 34.7 Å². The predicted molar refractivity (Wildman–Crippen MR) is 130 cm³/mol. The summed E-state index contributed by atoms with van der Waals surface area (Å²) in [5, 5.41) is 11.5. The summed E-state index contributed by atoms with van der Waals surface area (Å²) < 4.78 is 2.24. The van der Waals surface area contributed by atoms with Gasteiger partial charge in [-0.15, -0.1) is 0 Å². The first-order chi connectivity index (χ1) is 16.6. The third-order valence-electron chi connectivity index (χ3n) is 6.25. The zero-order chi connectivity index (χ0) is 23.2. The van der Waals surface area contributed by atoms with Crippen LogP contribution in [-0.4, -0.2) is 14.5 Å². The van der Waals surface area contributed by atoms with Crippen molar-refractivity contribution in [1.82, 2.24) is 9.55 Å². The minimum atomic E-state index is -0.449. The molecule has 4 aromatic rings. The maximum Gasteiger partial charge on any atom is 0.271 e. The standard InChI is InChI=1S/C26H18N4O3S/c31-25-22(13-16-5-4-12-27-15-16)34-26-28-23-20-9-2-1-6-17(20)10-11-21(23)24(29(25)26)18-7-3-8-19(14-18)30(32)33/h1-9,12-15,24H,10-11H2/b22-13+/t24-/m0/s1. The van der Waals surface area contributed by atoms with Gasteiger partial charge in [0.2, 0.25) is 0 Å². The summed E-state index contributed by atoms with van der Waals surface area (Å²) in [6, 6.07) is 18.0. The Kier molecular flexibility index (Phi) is 4.81. The molecule has 0 fully saturated rings. The minimum Gasteiger partial charge on any atom is -0.272 e. The Morgan fingerprint density at radius 3 is 2.79 bits per heavy atom. The molecular weight excluding hydrogens is 448 g/mol. The van der Waals surface area contributed by atoms with Crippen molar-refractivity contribution in [2.75, 3.05) is 0 Å². The molecule has 1 aliphatic carbocycles. The first-order valence-corrected chi connectivity index (χ1v) is 11.7. The molecule has 0 unspecified atom stereocenters. The highest BCUT2D eigenvalue weighted by atomic mass is 32.1. The molecule has 0 N–H and O–H groups in total. The molecule has 0 saturated carbocycles.